The molecular formula is C19H24BrN3O3. The monoisotopic (exact) mass is 421 g/mol. The summed E-state index contributed by atoms with van der Waals surface area (Å²) in [7, 11) is 0. The molecule has 1 heterocycles. The van der Waals surface area contributed by atoms with Gasteiger partial charge in [-0.15, -0.1) is 0 Å². The van der Waals surface area contributed by atoms with Gasteiger partial charge in [-0.2, -0.15) is 0 Å². The number of unbranched alkanes of at least 4 members (excludes halogenated alkanes) is 3. The topological polar surface area (TPSA) is 87.4 Å². The number of halogens is 1. The summed E-state index contributed by atoms with van der Waals surface area (Å²) in [6.07, 6.45) is 6.90. The lowest BCUT2D eigenvalue weighted by molar-refractivity contribution is 0.430. The van der Waals surface area contributed by atoms with Crippen LogP contribution in [0.5, 0.6) is 5.88 Å². The molecule has 0 amide bonds. The van der Waals surface area contributed by atoms with Crippen LogP contribution in [-0.4, -0.2) is 26.9 Å². The first-order valence-electron chi connectivity index (χ1n) is 8.81. The molecule has 0 aliphatic rings. The highest BCUT2D eigenvalue weighted by molar-refractivity contribution is 9.10. The molecule has 7 heteroatoms. The van der Waals surface area contributed by atoms with Crippen molar-refractivity contribution in [2.24, 2.45) is 4.99 Å². The lowest BCUT2D eigenvalue weighted by atomic mass is 10.1. The maximum absolute atomic E-state index is 12.1. The Hall–Kier alpha value is -2.15. The molecule has 6 nitrogen and oxygen atoms in total. The average molecular weight is 422 g/mol. The van der Waals surface area contributed by atoms with Gasteiger partial charge in [0.25, 0.3) is 5.56 Å². The molecule has 1 atom stereocenters. The summed E-state index contributed by atoms with van der Waals surface area (Å²) in [5.74, 6) is -0.414. The number of H-pyrrole nitrogens is 1. The van der Waals surface area contributed by atoms with Crippen molar-refractivity contribution in [2.45, 2.75) is 52.0 Å². The summed E-state index contributed by atoms with van der Waals surface area (Å²) in [4.78, 5) is 30.8. The summed E-state index contributed by atoms with van der Waals surface area (Å²) in [5.41, 5.74) is -0.912. The van der Waals surface area contributed by atoms with E-state index in [0.29, 0.717) is 5.69 Å². The molecule has 0 saturated carbocycles. The molecule has 1 aromatic carbocycles. The van der Waals surface area contributed by atoms with Crippen molar-refractivity contribution in [2.75, 3.05) is 0 Å². The van der Waals surface area contributed by atoms with E-state index in [1.54, 1.807) is 24.3 Å². The Bertz CT molecular complexity index is 869. The van der Waals surface area contributed by atoms with E-state index >= 15 is 0 Å². The third-order valence-corrected chi connectivity index (χ3v) is 4.67. The van der Waals surface area contributed by atoms with Crippen molar-refractivity contribution in [3.8, 4) is 11.6 Å². The normalized spacial score (nSPS) is 12.6. The lowest BCUT2D eigenvalue weighted by Gasteiger charge is -2.10. The minimum atomic E-state index is -0.695. The molecule has 2 rings (SSSR count). The first-order chi connectivity index (χ1) is 12.4. The summed E-state index contributed by atoms with van der Waals surface area (Å²) >= 11 is 3.32. The van der Waals surface area contributed by atoms with Gasteiger partial charge in [0.15, 0.2) is 0 Å². The average Bonchev–Trinajstić information content (AvgIpc) is 2.60. The van der Waals surface area contributed by atoms with Crippen molar-refractivity contribution < 1.29 is 5.11 Å². The molecule has 1 aromatic heterocycles. The highest BCUT2D eigenvalue weighted by Crippen LogP contribution is 2.18. The van der Waals surface area contributed by atoms with Crippen LogP contribution in [0.3, 0.4) is 0 Å². The molecule has 0 unspecified atom stereocenters. The second kappa shape index (κ2) is 9.52. The maximum atomic E-state index is 12.1. The first-order valence-corrected chi connectivity index (χ1v) is 9.60. The van der Waals surface area contributed by atoms with Crippen molar-refractivity contribution in [3.63, 3.8) is 0 Å². The second-order valence-electron chi connectivity index (χ2n) is 6.28. The Morgan fingerprint density at radius 3 is 2.58 bits per heavy atom. The van der Waals surface area contributed by atoms with Gasteiger partial charge in [-0.3, -0.25) is 14.8 Å². The van der Waals surface area contributed by atoms with Crippen LogP contribution in [-0.2, 0) is 0 Å². The van der Waals surface area contributed by atoms with Gasteiger partial charge in [0.2, 0.25) is 5.88 Å². The van der Waals surface area contributed by atoms with Crippen molar-refractivity contribution in [1.82, 2.24) is 9.55 Å². The van der Waals surface area contributed by atoms with Crippen LogP contribution < -0.4 is 11.2 Å². The number of aliphatic imine (C=N–C) groups is 1. The van der Waals surface area contributed by atoms with Gasteiger partial charge in [-0.05, 0) is 37.6 Å². The fourth-order valence-corrected chi connectivity index (χ4v) is 2.89. The number of nitrogens with zero attached hydrogens (tertiary/aromatic N) is 2. The highest BCUT2D eigenvalue weighted by atomic mass is 79.9. The number of benzene rings is 1. The van der Waals surface area contributed by atoms with Crippen LogP contribution in [0.4, 0.5) is 0 Å². The van der Waals surface area contributed by atoms with E-state index in [1.165, 1.54) is 19.1 Å². The van der Waals surface area contributed by atoms with Crippen molar-refractivity contribution in [1.29, 1.82) is 0 Å². The molecule has 0 fully saturated rings. The van der Waals surface area contributed by atoms with Crippen molar-refractivity contribution in [3.05, 3.63) is 55.1 Å². The predicted octanol–water partition coefficient (Wildman–Crippen LogP) is 3.77. The summed E-state index contributed by atoms with van der Waals surface area (Å²) < 4.78 is 1.90. The highest BCUT2D eigenvalue weighted by Gasteiger charge is 2.14. The zero-order valence-electron chi connectivity index (χ0n) is 15.0. The van der Waals surface area contributed by atoms with E-state index in [0.717, 1.165) is 28.3 Å². The van der Waals surface area contributed by atoms with Gasteiger partial charge < -0.3 is 5.11 Å². The second-order valence-corrected chi connectivity index (χ2v) is 7.20. The molecule has 0 bridgehead atoms. The Labute approximate surface area is 160 Å². The molecule has 2 N–H and O–H groups in total. The van der Waals surface area contributed by atoms with Crippen LogP contribution in [0, 0.1) is 0 Å². The Kier molecular flexibility index (Phi) is 7.38. The molecule has 0 radical (unpaired) electrons. The summed E-state index contributed by atoms with van der Waals surface area (Å²) in [5, 5.41) is 10.5. The SMILES string of the molecule is CCCCCC[C@H](C)N=Cc1c(O)n(-c2ccc(Br)cc2)c(=O)[nH]c1=O. The molecule has 0 saturated heterocycles. The number of aromatic hydroxyl groups is 1. The minimum Gasteiger partial charge on any atom is -0.493 e. The number of rotatable bonds is 8. The fraction of sp³-hybridized carbons (Fsp3) is 0.421. The first kappa shape index (κ1) is 20.2. The maximum Gasteiger partial charge on any atom is 0.335 e. The molecule has 0 spiro atoms. The fourth-order valence-electron chi connectivity index (χ4n) is 2.63. The van der Waals surface area contributed by atoms with Gasteiger partial charge in [-0.1, -0.05) is 48.5 Å². The number of aromatic nitrogens is 2. The van der Waals surface area contributed by atoms with E-state index in [-0.39, 0.29) is 11.6 Å². The largest absolute Gasteiger partial charge is 0.493 e. The number of aromatic amines is 1. The van der Waals surface area contributed by atoms with Crippen molar-refractivity contribution >= 4 is 22.1 Å². The lowest BCUT2D eigenvalue weighted by Crippen LogP contribution is -2.31. The van der Waals surface area contributed by atoms with Crippen LogP contribution >= 0.6 is 15.9 Å². The molecule has 26 heavy (non-hydrogen) atoms. The number of nitrogens with one attached hydrogen (secondary N) is 1. The Morgan fingerprint density at radius 2 is 1.92 bits per heavy atom. The van der Waals surface area contributed by atoms with Gasteiger partial charge in [0.05, 0.1) is 5.69 Å². The predicted molar refractivity (Wildman–Crippen MR) is 108 cm³/mol. The summed E-state index contributed by atoms with van der Waals surface area (Å²) in [6, 6.07) is 6.87. The number of hydrogen-bond acceptors (Lipinski definition) is 4. The molecule has 0 aliphatic heterocycles. The van der Waals surface area contributed by atoms with Gasteiger partial charge in [0.1, 0.15) is 5.56 Å². The molecule has 0 aliphatic carbocycles. The van der Waals surface area contributed by atoms with E-state index in [9.17, 15) is 14.7 Å². The van der Waals surface area contributed by atoms with Crippen LogP contribution in [0.2, 0.25) is 0 Å². The van der Waals surface area contributed by atoms with Gasteiger partial charge >= 0.3 is 5.69 Å². The van der Waals surface area contributed by atoms with E-state index in [2.05, 4.69) is 32.8 Å². The third-order valence-electron chi connectivity index (χ3n) is 4.14. The number of hydrogen-bond donors (Lipinski definition) is 2. The van der Waals surface area contributed by atoms with E-state index in [4.69, 9.17) is 0 Å². The Balaban J connectivity index is 2.28. The van der Waals surface area contributed by atoms with Crippen LogP contribution in [0.15, 0.2) is 43.3 Å². The molecule has 2 aromatic rings. The quantitative estimate of drug-likeness (QED) is 0.502. The Morgan fingerprint density at radius 1 is 1.23 bits per heavy atom. The van der Waals surface area contributed by atoms with Gasteiger partial charge in [-0.25, -0.2) is 9.36 Å². The standard InChI is InChI=1S/C19H24BrN3O3/c1-3-4-5-6-7-13(2)21-12-16-17(24)22-19(26)23(18(16)25)15-10-8-14(20)9-11-15/h8-13,25H,3-7H2,1-2H3,(H,22,24,26)/t13-/m0/s1. The van der Waals surface area contributed by atoms with Crippen LogP contribution in [0.1, 0.15) is 51.5 Å². The minimum absolute atomic E-state index is 0.0204. The third kappa shape index (κ3) is 5.17. The van der Waals surface area contributed by atoms with Crippen LogP contribution in [0.25, 0.3) is 5.69 Å². The van der Waals surface area contributed by atoms with E-state index in [1.807, 2.05) is 6.92 Å². The summed E-state index contributed by atoms with van der Waals surface area (Å²) in [6.45, 7) is 4.13. The zero-order chi connectivity index (χ0) is 19.1. The van der Waals surface area contributed by atoms with Gasteiger partial charge in [0, 0.05) is 16.7 Å². The smallest absolute Gasteiger partial charge is 0.335 e. The molecular weight excluding hydrogens is 398 g/mol. The zero-order valence-corrected chi connectivity index (χ0v) is 16.6. The van der Waals surface area contributed by atoms with E-state index < -0.39 is 17.1 Å². The molecule has 140 valence electrons.